The molecule has 0 aliphatic heterocycles. The second kappa shape index (κ2) is 3.26. The number of phenols is 1. The molecule has 0 fully saturated rings. The second-order valence-electron chi connectivity index (χ2n) is 2.34. The first-order chi connectivity index (χ1) is 6.79. The molecule has 3 nitrogen and oxygen atoms in total. The molecular formula is C9H10O3. The van der Waals surface area contributed by atoms with E-state index in [0.717, 1.165) is 0 Å². The van der Waals surface area contributed by atoms with E-state index in [0.29, 0.717) is 0 Å². The molecule has 0 saturated carbocycles. The Morgan fingerprint density at radius 3 is 3.00 bits per heavy atom. The lowest BCUT2D eigenvalue weighted by Gasteiger charge is -2.03. The minimum absolute atomic E-state index is 0.0259. The number of aromatic hydroxyl groups is 1. The largest absolute Gasteiger partial charge is 0.507 e. The molecule has 0 bridgehead atoms. The molecule has 12 heavy (non-hydrogen) atoms. The van der Waals surface area contributed by atoms with Crippen LogP contribution in [0.3, 0.4) is 0 Å². The Labute approximate surface area is 74.8 Å². The Hall–Kier alpha value is -1.51. The molecule has 0 saturated heterocycles. The van der Waals surface area contributed by atoms with Gasteiger partial charge >= 0.3 is 0 Å². The quantitative estimate of drug-likeness (QED) is 0.684. The van der Waals surface area contributed by atoms with Gasteiger partial charge in [0.1, 0.15) is 11.5 Å². The number of phenolic OH excluding ortho intramolecular Hbond substituents is 1. The van der Waals surface area contributed by atoms with Crippen molar-refractivity contribution in [1.29, 1.82) is 0 Å². The number of Topliss-reactive ketones (excluding diaryl/α,β-unsaturated/α-hetero) is 1. The molecule has 0 aliphatic rings. The lowest BCUT2D eigenvalue weighted by Crippen LogP contribution is -1.93. The number of ketones is 1. The third-order valence-corrected chi connectivity index (χ3v) is 1.47. The molecule has 0 aliphatic carbocycles. The van der Waals surface area contributed by atoms with Crippen LogP contribution >= 0.6 is 0 Å². The summed E-state index contributed by atoms with van der Waals surface area (Å²) in [6.45, 7) is 1.27. The molecule has 0 amide bonds. The van der Waals surface area contributed by atoms with E-state index in [1.165, 1.54) is 25.1 Å². The van der Waals surface area contributed by atoms with Crippen LogP contribution in [0, 0.1) is 0 Å². The molecule has 0 unspecified atom stereocenters. The molecule has 0 spiro atoms. The predicted molar refractivity (Wildman–Crippen MR) is 44.7 cm³/mol. The van der Waals surface area contributed by atoms with Crippen molar-refractivity contribution in [3.63, 3.8) is 0 Å². The van der Waals surface area contributed by atoms with E-state index in [4.69, 9.17) is 4.11 Å². The van der Waals surface area contributed by atoms with Crippen LogP contribution in [-0.2, 0) is 0 Å². The van der Waals surface area contributed by atoms with Crippen molar-refractivity contribution in [2.45, 2.75) is 6.92 Å². The number of hydrogen-bond acceptors (Lipinski definition) is 3. The van der Waals surface area contributed by atoms with Gasteiger partial charge in [0.05, 0.1) is 16.7 Å². The summed E-state index contributed by atoms with van der Waals surface area (Å²) in [5.74, 6) is -0.526. The van der Waals surface area contributed by atoms with Crippen molar-refractivity contribution in [3.8, 4) is 11.5 Å². The molecule has 0 aromatic heterocycles. The highest BCUT2D eigenvalue weighted by molar-refractivity contribution is 5.97. The molecular weight excluding hydrogens is 156 g/mol. The number of benzene rings is 1. The molecule has 1 N–H and O–H groups in total. The summed E-state index contributed by atoms with van der Waals surface area (Å²) >= 11 is 0. The Kier molecular flexibility index (Phi) is 1.41. The number of carbonyl (C=O) groups excluding carboxylic acids is 1. The molecule has 1 aromatic carbocycles. The SMILES string of the molecule is [2H]C([2H])([2H])Oc1ccc(O)c(C(C)=O)c1. The summed E-state index contributed by atoms with van der Waals surface area (Å²) in [4.78, 5) is 11.0. The van der Waals surface area contributed by atoms with E-state index in [2.05, 4.69) is 4.74 Å². The van der Waals surface area contributed by atoms with Gasteiger partial charge in [-0.1, -0.05) is 0 Å². The Morgan fingerprint density at radius 2 is 2.42 bits per heavy atom. The third-order valence-electron chi connectivity index (χ3n) is 1.47. The van der Waals surface area contributed by atoms with E-state index in [1.54, 1.807) is 0 Å². The van der Waals surface area contributed by atoms with E-state index in [1.807, 2.05) is 0 Å². The van der Waals surface area contributed by atoms with Gasteiger partial charge in [-0.05, 0) is 25.1 Å². The van der Waals surface area contributed by atoms with Crippen LogP contribution in [0.25, 0.3) is 0 Å². The molecule has 3 heteroatoms. The summed E-state index contributed by atoms with van der Waals surface area (Å²) in [6, 6.07) is 3.70. The molecule has 1 aromatic rings. The highest BCUT2D eigenvalue weighted by atomic mass is 16.5. The summed E-state index contributed by atoms with van der Waals surface area (Å²) < 4.78 is 25.2. The van der Waals surface area contributed by atoms with Gasteiger partial charge in [-0.2, -0.15) is 0 Å². The van der Waals surface area contributed by atoms with Crippen molar-refractivity contribution < 1.29 is 18.8 Å². The van der Waals surface area contributed by atoms with Gasteiger partial charge in [0.25, 0.3) is 0 Å². The van der Waals surface area contributed by atoms with Crippen molar-refractivity contribution in [3.05, 3.63) is 23.8 Å². The summed E-state index contributed by atoms with van der Waals surface area (Å²) in [6.07, 6.45) is 0. The number of rotatable bonds is 2. The van der Waals surface area contributed by atoms with Gasteiger partial charge < -0.3 is 9.84 Å². The van der Waals surface area contributed by atoms with Crippen molar-refractivity contribution in [2.24, 2.45) is 0 Å². The van der Waals surface area contributed by atoms with E-state index in [-0.39, 0.29) is 22.8 Å². The zero-order valence-corrected chi connectivity index (χ0v) is 6.50. The van der Waals surface area contributed by atoms with Crippen molar-refractivity contribution in [2.75, 3.05) is 7.04 Å². The number of methoxy groups -OCH3 is 1. The average molecular weight is 169 g/mol. The van der Waals surface area contributed by atoms with Gasteiger partial charge in [0.15, 0.2) is 5.78 Å². The zero-order chi connectivity index (χ0) is 11.6. The fourth-order valence-corrected chi connectivity index (χ4v) is 0.861. The van der Waals surface area contributed by atoms with Gasteiger partial charge in [0, 0.05) is 0 Å². The fraction of sp³-hybridized carbons (Fsp3) is 0.222. The maximum atomic E-state index is 11.0. The minimum atomic E-state index is -2.56. The summed E-state index contributed by atoms with van der Waals surface area (Å²) in [5, 5.41) is 9.29. The summed E-state index contributed by atoms with van der Waals surface area (Å²) in [7, 11) is -2.56. The topological polar surface area (TPSA) is 46.5 Å². The summed E-state index contributed by atoms with van der Waals surface area (Å²) in [5.41, 5.74) is 0.0387. The fourth-order valence-electron chi connectivity index (χ4n) is 0.861. The molecule has 0 atom stereocenters. The van der Waals surface area contributed by atoms with Gasteiger partial charge in [-0.25, -0.2) is 0 Å². The first-order valence-corrected chi connectivity index (χ1v) is 3.32. The third kappa shape index (κ3) is 1.56. The van der Waals surface area contributed by atoms with Crippen LogP contribution in [0.5, 0.6) is 11.5 Å². The van der Waals surface area contributed by atoms with Crippen LogP contribution in [-0.4, -0.2) is 17.9 Å². The van der Waals surface area contributed by atoms with E-state index in [9.17, 15) is 9.90 Å². The van der Waals surface area contributed by atoms with Crippen LogP contribution in [0.1, 0.15) is 21.4 Å². The van der Waals surface area contributed by atoms with Crippen molar-refractivity contribution >= 4 is 5.78 Å². The van der Waals surface area contributed by atoms with Gasteiger partial charge in [-0.3, -0.25) is 4.79 Å². The van der Waals surface area contributed by atoms with Gasteiger partial charge in [-0.15, -0.1) is 0 Å². The standard InChI is InChI=1S/C9H10O3/c1-6(10)8-5-7(12-2)3-4-9(8)11/h3-5,11H,1-2H3/i2D3. The van der Waals surface area contributed by atoms with Crippen molar-refractivity contribution in [1.82, 2.24) is 0 Å². The molecule has 0 radical (unpaired) electrons. The highest BCUT2D eigenvalue weighted by Crippen LogP contribution is 2.22. The average Bonchev–Trinajstić information content (AvgIpc) is 2.05. The molecule has 1 rings (SSSR count). The Balaban J connectivity index is 3.03. The molecule has 0 heterocycles. The number of hydrogen-bond donors (Lipinski definition) is 1. The van der Waals surface area contributed by atoms with Crippen LogP contribution in [0.4, 0.5) is 0 Å². The second-order valence-corrected chi connectivity index (χ2v) is 2.34. The number of ether oxygens (including phenoxy) is 1. The Morgan fingerprint density at radius 1 is 1.67 bits per heavy atom. The highest BCUT2D eigenvalue weighted by Gasteiger charge is 2.06. The minimum Gasteiger partial charge on any atom is -0.507 e. The number of carbonyl (C=O) groups is 1. The predicted octanol–water partition coefficient (Wildman–Crippen LogP) is 1.60. The van der Waals surface area contributed by atoms with Gasteiger partial charge in [0.2, 0.25) is 0 Å². The zero-order valence-electron chi connectivity index (χ0n) is 9.50. The first-order valence-electron chi connectivity index (χ1n) is 4.82. The van der Waals surface area contributed by atoms with Crippen LogP contribution in [0.2, 0.25) is 0 Å². The maximum Gasteiger partial charge on any atom is 0.163 e. The van der Waals surface area contributed by atoms with Crippen LogP contribution in [0.15, 0.2) is 18.2 Å². The van der Waals surface area contributed by atoms with E-state index < -0.39 is 7.04 Å². The monoisotopic (exact) mass is 169 g/mol. The Bertz CT molecular complexity index is 385. The molecule has 64 valence electrons. The lowest BCUT2D eigenvalue weighted by atomic mass is 10.1. The van der Waals surface area contributed by atoms with E-state index >= 15 is 0 Å². The normalized spacial score (nSPS) is 14.2. The first kappa shape index (κ1) is 5.19. The lowest BCUT2D eigenvalue weighted by molar-refractivity contribution is 0.101. The smallest absolute Gasteiger partial charge is 0.163 e. The maximum absolute atomic E-state index is 11.0. The van der Waals surface area contributed by atoms with Crippen LogP contribution < -0.4 is 4.74 Å².